The summed E-state index contributed by atoms with van der Waals surface area (Å²) in [5.74, 6) is -0.730. The second-order valence-electron chi connectivity index (χ2n) is 10.8. The third-order valence-electron chi connectivity index (χ3n) is 8.06. The zero-order chi connectivity index (χ0) is 33.2. The molecule has 0 bridgehead atoms. The number of methoxy groups -OCH3 is 3. The lowest BCUT2D eigenvalue weighted by molar-refractivity contribution is -0.137. The Balaban J connectivity index is 1.45. The average molecular weight is 657 g/mol. The predicted octanol–water partition coefficient (Wildman–Crippen LogP) is 3.90. The highest BCUT2D eigenvalue weighted by atomic mass is 32.2. The number of halogens is 3. The molecule has 45 heavy (non-hydrogen) atoms. The summed E-state index contributed by atoms with van der Waals surface area (Å²) < 4.78 is 83.8. The molecule has 2 saturated heterocycles. The van der Waals surface area contributed by atoms with Crippen molar-refractivity contribution in [2.24, 2.45) is 0 Å². The van der Waals surface area contributed by atoms with E-state index in [1.54, 1.807) is 0 Å². The minimum atomic E-state index is -4.64. The first-order valence-corrected chi connectivity index (χ1v) is 15.5. The summed E-state index contributed by atoms with van der Waals surface area (Å²) in [6, 6.07) is 3.87. The number of sulfonamides is 1. The maximum Gasteiger partial charge on any atom is 0.416 e. The maximum atomic E-state index is 13.5. The molecule has 0 atom stereocenters. The molecule has 2 N–H and O–H groups in total. The SMILES string of the molecule is COc1cc(OC)c(C(=O)CCCCN2CCC3(CC2)NC(=O)N(C)C3=O)c(OC)c1NS(=O)(=O)c1ccc(C(F)(F)F)cc1. The largest absolute Gasteiger partial charge is 0.496 e. The van der Waals surface area contributed by atoms with Gasteiger partial charge in [-0.2, -0.15) is 13.2 Å². The summed E-state index contributed by atoms with van der Waals surface area (Å²) in [5, 5.41) is 2.80. The lowest BCUT2D eigenvalue weighted by atomic mass is 9.87. The van der Waals surface area contributed by atoms with Crippen LogP contribution in [0, 0.1) is 0 Å². The third-order valence-corrected chi connectivity index (χ3v) is 9.43. The molecule has 16 heteroatoms. The van der Waals surface area contributed by atoms with Crippen LogP contribution in [-0.2, 0) is 21.0 Å². The second kappa shape index (κ2) is 13.1. The molecule has 0 radical (unpaired) electrons. The molecule has 2 heterocycles. The van der Waals surface area contributed by atoms with Crippen LogP contribution in [0.25, 0.3) is 0 Å². The molecule has 2 fully saturated rings. The Bertz CT molecular complexity index is 1560. The van der Waals surface area contributed by atoms with Crippen LogP contribution in [0.3, 0.4) is 0 Å². The Hall–Kier alpha value is -4.05. The number of hydrogen-bond donors (Lipinski definition) is 2. The number of likely N-dealkylation sites (tertiary alicyclic amines) is 1. The Kier molecular flexibility index (Phi) is 9.87. The number of anilines is 1. The van der Waals surface area contributed by atoms with E-state index >= 15 is 0 Å². The molecule has 0 unspecified atom stereocenters. The van der Waals surface area contributed by atoms with Gasteiger partial charge in [-0.1, -0.05) is 0 Å². The number of rotatable bonds is 12. The summed E-state index contributed by atoms with van der Waals surface area (Å²) in [7, 11) is 0.853. The minimum absolute atomic E-state index is 0.0227. The van der Waals surface area contributed by atoms with Crippen molar-refractivity contribution in [3.05, 3.63) is 41.5 Å². The van der Waals surface area contributed by atoms with Crippen LogP contribution in [0.15, 0.2) is 35.2 Å². The van der Waals surface area contributed by atoms with Gasteiger partial charge < -0.3 is 24.4 Å². The number of ketones is 1. The van der Waals surface area contributed by atoms with Crippen molar-refractivity contribution < 1.29 is 50.2 Å². The van der Waals surface area contributed by atoms with Gasteiger partial charge in [-0.15, -0.1) is 0 Å². The fourth-order valence-electron chi connectivity index (χ4n) is 5.51. The topological polar surface area (TPSA) is 144 Å². The fourth-order valence-corrected chi connectivity index (χ4v) is 6.59. The first-order valence-electron chi connectivity index (χ1n) is 14.1. The number of benzene rings is 2. The summed E-state index contributed by atoms with van der Waals surface area (Å²) in [5.41, 5.74) is -2.11. The normalized spacial score (nSPS) is 16.9. The van der Waals surface area contributed by atoms with E-state index < -0.39 is 38.2 Å². The van der Waals surface area contributed by atoms with Crippen LogP contribution in [0.1, 0.15) is 48.0 Å². The van der Waals surface area contributed by atoms with Crippen molar-refractivity contribution in [2.45, 2.75) is 48.7 Å². The highest BCUT2D eigenvalue weighted by molar-refractivity contribution is 7.92. The fraction of sp³-hybridized carbons (Fsp3) is 0.483. The lowest BCUT2D eigenvalue weighted by Crippen LogP contribution is -2.54. The van der Waals surface area contributed by atoms with E-state index in [4.69, 9.17) is 14.2 Å². The summed E-state index contributed by atoms with van der Waals surface area (Å²) in [6.45, 7) is 1.88. The third kappa shape index (κ3) is 6.96. The van der Waals surface area contributed by atoms with Gasteiger partial charge in [0.05, 0.1) is 31.8 Å². The Morgan fingerprint density at radius 1 is 1.00 bits per heavy atom. The number of amides is 3. The van der Waals surface area contributed by atoms with E-state index in [-0.39, 0.29) is 46.6 Å². The van der Waals surface area contributed by atoms with E-state index in [2.05, 4.69) is 14.9 Å². The van der Waals surface area contributed by atoms with Gasteiger partial charge in [0.25, 0.3) is 15.9 Å². The van der Waals surface area contributed by atoms with Gasteiger partial charge in [-0.3, -0.25) is 19.2 Å². The van der Waals surface area contributed by atoms with Crippen LogP contribution >= 0.6 is 0 Å². The molecular formula is C29H35F3N4O8S. The highest BCUT2D eigenvalue weighted by Gasteiger charge is 2.50. The molecule has 1 spiro atoms. The number of carbonyl (C=O) groups excluding carboxylic acids is 3. The first-order chi connectivity index (χ1) is 21.2. The van der Waals surface area contributed by atoms with Gasteiger partial charge in [0, 0.05) is 32.6 Å². The molecule has 2 aromatic carbocycles. The number of ether oxygens (including phenoxy) is 3. The molecule has 246 valence electrons. The summed E-state index contributed by atoms with van der Waals surface area (Å²) in [6.07, 6.45) is -2.47. The van der Waals surface area contributed by atoms with Gasteiger partial charge in [0.15, 0.2) is 17.3 Å². The number of likely N-dealkylation sites (N-methyl/N-ethyl adjacent to an activating group) is 1. The van der Waals surface area contributed by atoms with Crippen LogP contribution in [0.2, 0.25) is 0 Å². The molecule has 0 saturated carbocycles. The van der Waals surface area contributed by atoms with Gasteiger partial charge in [-0.25, -0.2) is 13.2 Å². The van der Waals surface area contributed by atoms with Gasteiger partial charge >= 0.3 is 12.2 Å². The molecule has 0 aliphatic carbocycles. The molecule has 2 aliphatic heterocycles. The Morgan fingerprint density at radius 2 is 1.62 bits per heavy atom. The molecule has 3 amide bonds. The lowest BCUT2D eigenvalue weighted by Gasteiger charge is -2.37. The van der Waals surface area contributed by atoms with Crippen molar-refractivity contribution in [3.8, 4) is 17.2 Å². The summed E-state index contributed by atoms with van der Waals surface area (Å²) in [4.78, 5) is 40.7. The number of hydrogen-bond acceptors (Lipinski definition) is 9. The van der Waals surface area contributed by atoms with Crippen molar-refractivity contribution in [3.63, 3.8) is 0 Å². The number of alkyl halides is 3. The average Bonchev–Trinajstić information content (AvgIpc) is 3.21. The molecule has 4 rings (SSSR count). The number of urea groups is 1. The van der Waals surface area contributed by atoms with Crippen LogP contribution in [0.5, 0.6) is 17.2 Å². The Morgan fingerprint density at radius 3 is 2.13 bits per heavy atom. The van der Waals surface area contributed by atoms with E-state index in [0.717, 1.165) is 17.0 Å². The monoisotopic (exact) mass is 656 g/mol. The van der Waals surface area contributed by atoms with E-state index in [0.29, 0.717) is 57.5 Å². The van der Waals surface area contributed by atoms with Crippen LogP contribution in [-0.4, -0.2) is 89.5 Å². The number of unbranched alkanes of at least 4 members (excludes halogenated alkanes) is 1. The number of nitrogens with zero attached hydrogens (tertiary/aromatic N) is 2. The van der Waals surface area contributed by atoms with Crippen LogP contribution in [0.4, 0.5) is 23.7 Å². The number of imide groups is 1. The molecule has 12 nitrogen and oxygen atoms in total. The standard InChI is InChI=1S/C29H35F3N4O8S/c1-35-26(38)28(33-27(35)39)12-15-36(16-13-28)14-6-5-7-20(37)23-21(42-2)17-22(43-3)24(25(23)44-4)34-45(40,41)19-10-8-18(9-11-19)29(30,31)32/h8-11,17,34H,5-7,12-16H2,1-4H3,(H,33,39). The molecule has 2 aromatic rings. The smallest absolute Gasteiger partial charge is 0.416 e. The van der Waals surface area contributed by atoms with Gasteiger partial charge in [0.2, 0.25) is 0 Å². The quantitative estimate of drug-likeness (QED) is 0.198. The van der Waals surface area contributed by atoms with E-state index in [9.17, 15) is 36.0 Å². The van der Waals surface area contributed by atoms with Crippen LogP contribution < -0.4 is 24.2 Å². The number of piperidine rings is 1. The predicted molar refractivity (Wildman–Crippen MR) is 156 cm³/mol. The first kappa shape index (κ1) is 33.8. The molecule has 2 aliphatic rings. The molecule has 0 aromatic heterocycles. The number of nitrogens with one attached hydrogen (secondary N) is 2. The minimum Gasteiger partial charge on any atom is -0.496 e. The molecular weight excluding hydrogens is 621 g/mol. The van der Waals surface area contributed by atoms with Crippen molar-refractivity contribution >= 4 is 33.4 Å². The maximum absolute atomic E-state index is 13.5. The number of carbonyl (C=O) groups is 3. The number of Topliss-reactive ketones (excluding diaryl/α,β-unsaturated/α-hetero) is 1. The van der Waals surface area contributed by atoms with Gasteiger partial charge in [-0.05, 0) is 56.5 Å². The van der Waals surface area contributed by atoms with Crippen molar-refractivity contribution in [1.29, 1.82) is 0 Å². The zero-order valence-electron chi connectivity index (χ0n) is 25.2. The van der Waals surface area contributed by atoms with Crippen molar-refractivity contribution in [1.82, 2.24) is 15.1 Å². The van der Waals surface area contributed by atoms with Gasteiger partial charge in [0.1, 0.15) is 22.5 Å². The summed E-state index contributed by atoms with van der Waals surface area (Å²) >= 11 is 0. The van der Waals surface area contributed by atoms with Crippen molar-refractivity contribution in [2.75, 3.05) is 52.7 Å². The Labute approximate surface area is 258 Å². The highest BCUT2D eigenvalue weighted by Crippen LogP contribution is 2.45. The van der Waals surface area contributed by atoms with E-state index in [1.165, 1.54) is 34.4 Å². The zero-order valence-corrected chi connectivity index (χ0v) is 26.1. The van der Waals surface area contributed by atoms with E-state index in [1.807, 2.05) is 0 Å². The second-order valence-corrected chi connectivity index (χ2v) is 12.5.